The molecule has 1 unspecified atom stereocenters. The quantitative estimate of drug-likeness (QED) is 0.779. The average molecular weight is 238 g/mol. The number of hydrogen-bond acceptors (Lipinski definition) is 2. The molecule has 1 aliphatic heterocycles. The molecule has 1 aromatic carbocycles. The van der Waals surface area contributed by atoms with Gasteiger partial charge in [-0.15, -0.1) is 0 Å². The standard InChI is InChI=1S/C13H16ClNO/c1-3-4-5-12-11-8-9(14)6-7-10(11)13(15-12)16-2/h6-8,12H,3-5H2,1-2H3. The van der Waals surface area contributed by atoms with Crippen LogP contribution in [0, 0.1) is 0 Å². The second kappa shape index (κ2) is 4.88. The minimum absolute atomic E-state index is 0.226. The van der Waals surface area contributed by atoms with E-state index < -0.39 is 0 Å². The molecule has 0 saturated carbocycles. The molecule has 0 radical (unpaired) electrons. The molecule has 0 spiro atoms. The molecule has 0 saturated heterocycles. The summed E-state index contributed by atoms with van der Waals surface area (Å²) in [6.45, 7) is 2.19. The van der Waals surface area contributed by atoms with E-state index in [4.69, 9.17) is 16.3 Å². The molecule has 0 amide bonds. The summed E-state index contributed by atoms with van der Waals surface area (Å²) < 4.78 is 5.29. The van der Waals surface area contributed by atoms with Gasteiger partial charge in [0.1, 0.15) is 0 Å². The molecule has 1 heterocycles. The molecule has 1 atom stereocenters. The van der Waals surface area contributed by atoms with E-state index in [9.17, 15) is 0 Å². The monoisotopic (exact) mass is 237 g/mol. The highest BCUT2D eigenvalue weighted by molar-refractivity contribution is 6.30. The summed E-state index contributed by atoms with van der Waals surface area (Å²) in [5, 5.41) is 0.771. The van der Waals surface area contributed by atoms with Crippen molar-refractivity contribution in [3.05, 3.63) is 34.3 Å². The fraction of sp³-hybridized carbons (Fsp3) is 0.462. The van der Waals surface area contributed by atoms with Gasteiger partial charge in [0, 0.05) is 10.6 Å². The lowest BCUT2D eigenvalue weighted by atomic mass is 10.00. The van der Waals surface area contributed by atoms with Gasteiger partial charge in [0.25, 0.3) is 0 Å². The molecule has 2 nitrogen and oxygen atoms in total. The Hall–Kier alpha value is -1.02. The first-order chi connectivity index (χ1) is 7.76. The van der Waals surface area contributed by atoms with E-state index in [1.807, 2.05) is 18.2 Å². The van der Waals surface area contributed by atoms with Crippen molar-refractivity contribution in [1.29, 1.82) is 0 Å². The van der Waals surface area contributed by atoms with E-state index >= 15 is 0 Å². The first kappa shape index (κ1) is 11.5. The van der Waals surface area contributed by atoms with Gasteiger partial charge >= 0.3 is 0 Å². The number of aliphatic imine (C=N–C) groups is 1. The number of fused-ring (bicyclic) bond motifs is 1. The smallest absolute Gasteiger partial charge is 0.216 e. The molecule has 16 heavy (non-hydrogen) atoms. The predicted octanol–water partition coefficient (Wildman–Crippen LogP) is 3.98. The van der Waals surface area contributed by atoms with Crippen molar-refractivity contribution >= 4 is 17.5 Å². The molecular formula is C13H16ClNO. The van der Waals surface area contributed by atoms with Gasteiger partial charge in [-0.2, -0.15) is 0 Å². The summed E-state index contributed by atoms with van der Waals surface area (Å²) >= 11 is 6.02. The topological polar surface area (TPSA) is 21.6 Å². The third-order valence-electron chi connectivity index (χ3n) is 2.90. The maximum Gasteiger partial charge on any atom is 0.216 e. The predicted molar refractivity (Wildman–Crippen MR) is 67.3 cm³/mol. The van der Waals surface area contributed by atoms with Crippen LogP contribution in [0.25, 0.3) is 0 Å². The zero-order valence-electron chi connectivity index (χ0n) is 9.66. The van der Waals surface area contributed by atoms with Crippen molar-refractivity contribution in [1.82, 2.24) is 0 Å². The molecule has 2 rings (SSSR count). The van der Waals surface area contributed by atoms with Gasteiger partial charge in [-0.3, -0.25) is 0 Å². The van der Waals surface area contributed by atoms with E-state index in [2.05, 4.69) is 11.9 Å². The molecule has 86 valence electrons. The normalized spacial score (nSPS) is 18.2. The van der Waals surface area contributed by atoms with Crippen LogP contribution in [0.5, 0.6) is 0 Å². The summed E-state index contributed by atoms with van der Waals surface area (Å²) in [7, 11) is 1.67. The fourth-order valence-electron chi connectivity index (χ4n) is 2.06. The number of methoxy groups -OCH3 is 1. The van der Waals surface area contributed by atoms with Crippen LogP contribution in [-0.2, 0) is 4.74 Å². The number of unbranched alkanes of at least 4 members (excludes halogenated alkanes) is 1. The Morgan fingerprint density at radius 1 is 1.44 bits per heavy atom. The summed E-state index contributed by atoms with van der Waals surface area (Å²) in [6, 6.07) is 6.11. The minimum atomic E-state index is 0.226. The molecule has 1 aromatic rings. The summed E-state index contributed by atoms with van der Waals surface area (Å²) in [4.78, 5) is 4.59. The summed E-state index contributed by atoms with van der Waals surface area (Å²) in [5.41, 5.74) is 2.30. The molecule has 0 fully saturated rings. The fourth-order valence-corrected chi connectivity index (χ4v) is 2.25. The van der Waals surface area contributed by atoms with Crippen molar-refractivity contribution in [2.45, 2.75) is 32.2 Å². The third-order valence-corrected chi connectivity index (χ3v) is 3.14. The summed E-state index contributed by atoms with van der Waals surface area (Å²) in [6.07, 6.45) is 3.43. The first-order valence-electron chi connectivity index (χ1n) is 5.68. The molecule has 0 aromatic heterocycles. The second-order valence-electron chi connectivity index (χ2n) is 4.03. The van der Waals surface area contributed by atoms with Crippen molar-refractivity contribution < 1.29 is 4.74 Å². The Labute approximate surface area is 101 Å². The highest BCUT2D eigenvalue weighted by Crippen LogP contribution is 2.35. The van der Waals surface area contributed by atoms with Gasteiger partial charge < -0.3 is 4.74 Å². The van der Waals surface area contributed by atoms with Crippen LogP contribution in [-0.4, -0.2) is 13.0 Å². The van der Waals surface area contributed by atoms with Gasteiger partial charge in [-0.25, -0.2) is 4.99 Å². The number of halogens is 1. The zero-order valence-corrected chi connectivity index (χ0v) is 10.4. The lowest BCUT2D eigenvalue weighted by Gasteiger charge is -2.08. The van der Waals surface area contributed by atoms with Crippen molar-refractivity contribution in [2.75, 3.05) is 7.11 Å². The van der Waals surface area contributed by atoms with Gasteiger partial charge in [0.2, 0.25) is 5.90 Å². The maximum atomic E-state index is 6.02. The zero-order chi connectivity index (χ0) is 11.5. The van der Waals surface area contributed by atoms with Gasteiger partial charge in [0.15, 0.2) is 0 Å². The van der Waals surface area contributed by atoms with Crippen LogP contribution < -0.4 is 0 Å². The molecule has 0 N–H and O–H groups in total. The minimum Gasteiger partial charge on any atom is -0.481 e. The molecule has 0 bridgehead atoms. The Balaban J connectivity index is 2.31. The molecule has 1 aliphatic rings. The van der Waals surface area contributed by atoms with Crippen LogP contribution in [0.1, 0.15) is 43.4 Å². The van der Waals surface area contributed by atoms with Crippen LogP contribution in [0.15, 0.2) is 23.2 Å². The van der Waals surface area contributed by atoms with Gasteiger partial charge in [-0.1, -0.05) is 31.4 Å². The maximum absolute atomic E-state index is 6.02. The van der Waals surface area contributed by atoms with Crippen molar-refractivity contribution in [2.24, 2.45) is 4.99 Å². The van der Waals surface area contributed by atoms with E-state index in [-0.39, 0.29) is 6.04 Å². The van der Waals surface area contributed by atoms with Crippen LogP contribution in [0.2, 0.25) is 5.02 Å². The van der Waals surface area contributed by atoms with E-state index in [1.165, 1.54) is 18.4 Å². The average Bonchev–Trinajstić information content (AvgIpc) is 2.64. The number of ether oxygens (including phenoxy) is 1. The van der Waals surface area contributed by atoms with Gasteiger partial charge in [0.05, 0.1) is 13.2 Å². The molecule has 0 aliphatic carbocycles. The third kappa shape index (κ3) is 2.07. The van der Waals surface area contributed by atoms with E-state index in [0.29, 0.717) is 0 Å². The number of nitrogens with zero attached hydrogens (tertiary/aromatic N) is 1. The lowest BCUT2D eigenvalue weighted by molar-refractivity contribution is 0.402. The van der Waals surface area contributed by atoms with Crippen LogP contribution >= 0.6 is 11.6 Å². The Morgan fingerprint density at radius 2 is 2.25 bits per heavy atom. The lowest BCUT2D eigenvalue weighted by Crippen LogP contribution is -1.99. The Morgan fingerprint density at radius 3 is 2.94 bits per heavy atom. The van der Waals surface area contributed by atoms with Crippen LogP contribution in [0.3, 0.4) is 0 Å². The summed E-state index contributed by atoms with van der Waals surface area (Å²) in [5.74, 6) is 0.743. The van der Waals surface area contributed by atoms with Gasteiger partial charge in [-0.05, 0) is 30.2 Å². The molecular weight excluding hydrogens is 222 g/mol. The Bertz CT molecular complexity index is 414. The highest BCUT2D eigenvalue weighted by Gasteiger charge is 2.25. The number of benzene rings is 1. The second-order valence-corrected chi connectivity index (χ2v) is 4.46. The number of rotatable bonds is 3. The van der Waals surface area contributed by atoms with E-state index in [1.54, 1.807) is 7.11 Å². The van der Waals surface area contributed by atoms with Crippen LogP contribution in [0.4, 0.5) is 0 Å². The van der Waals surface area contributed by atoms with Crippen molar-refractivity contribution in [3.63, 3.8) is 0 Å². The SMILES string of the molecule is CCCCC1N=C(OC)c2ccc(Cl)cc21. The Kier molecular flexibility index (Phi) is 3.49. The largest absolute Gasteiger partial charge is 0.481 e. The first-order valence-corrected chi connectivity index (χ1v) is 6.05. The van der Waals surface area contributed by atoms with E-state index in [0.717, 1.165) is 22.9 Å². The molecule has 3 heteroatoms. The number of hydrogen-bond donors (Lipinski definition) is 0. The van der Waals surface area contributed by atoms with Crippen molar-refractivity contribution in [3.8, 4) is 0 Å². The highest BCUT2D eigenvalue weighted by atomic mass is 35.5.